The van der Waals surface area contributed by atoms with Gasteiger partial charge in [0, 0.05) is 17.3 Å². The smallest absolute Gasteiger partial charge is 0.0731 e. The first kappa shape index (κ1) is 35.5. The first-order valence-electron chi connectivity index (χ1n) is 21.6. The van der Waals surface area contributed by atoms with Gasteiger partial charge in [0.1, 0.15) is 0 Å². The van der Waals surface area contributed by atoms with E-state index in [2.05, 4.69) is 235 Å². The van der Waals surface area contributed by atoms with E-state index in [4.69, 9.17) is 0 Å². The van der Waals surface area contributed by atoms with E-state index in [9.17, 15) is 0 Å². The van der Waals surface area contributed by atoms with Crippen molar-refractivity contribution < 1.29 is 0 Å². The standard InChI is InChI=1S/C59H44N2/c1-5-15-40(16-6-1)51-37-46-19-13-14-24-49(46)56-55(51)50-34-31-45(38-52(50)59(56,47-20-9-3-10-21-47)48-22-11-4-12-23-48)39-25-27-42(28-26-39)54-36-33-44-30-29-43-32-35-53(41-17-7-2-8-18-41)60-57(43)58(44)61-54/h1-32,34-38,44,53,58,60-61H,33H2. The van der Waals surface area contributed by atoms with Gasteiger partial charge in [-0.05, 0) is 102 Å². The fourth-order valence-corrected chi connectivity index (χ4v) is 10.7. The third-order valence-electron chi connectivity index (χ3n) is 13.6. The zero-order valence-corrected chi connectivity index (χ0v) is 33.8. The molecule has 61 heavy (non-hydrogen) atoms. The van der Waals surface area contributed by atoms with Crippen LogP contribution in [0.4, 0.5) is 0 Å². The van der Waals surface area contributed by atoms with Gasteiger partial charge in [0.25, 0.3) is 0 Å². The lowest BCUT2D eigenvalue weighted by molar-refractivity contribution is 0.449. The lowest BCUT2D eigenvalue weighted by atomic mass is 9.66. The lowest BCUT2D eigenvalue weighted by Gasteiger charge is -2.39. The largest absolute Gasteiger partial charge is 0.376 e. The lowest BCUT2D eigenvalue weighted by Crippen LogP contribution is -2.46. The normalized spacial score (nSPS) is 19.2. The highest BCUT2D eigenvalue weighted by atomic mass is 15.0. The highest BCUT2D eigenvalue weighted by Gasteiger charge is 2.48. The Balaban J connectivity index is 0.966. The fourth-order valence-electron chi connectivity index (χ4n) is 10.7. The molecule has 2 nitrogen and oxygen atoms in total. The van der Waals surface area contributed by atoms with Crippen molar-refractivity contribution in [2.75, 3.05) is 0 Å². The van der Waals surface area contributed by atoms with Crippen molar-refractivity contribution in [1.29, 1.82) is 0 Å². The molecular formula is C59H44N2. The first-order chi connectivity index (χ1) is 30.2. The van der Waals surface area contributed by atoms with Gasteiger partial charge in [0.15, 0.2) is 0 Å². The van der Waals surface area contributed by atoms with Crippen LogP contribution in [0.5, 0.6) is 0 Å². The summed E-state index contributed by atoms with van der Waals surface area (Å²) in [5.74, 6) is 0.404. The van der Waals surface area contributed by atoms with Crippen LogP contribution >= 0.6 is 0 Å². The Labute approximate surface area is 358 Å². The van der Waals surface area contributed by atoms with Gasteiger partial charge in [-0.25, -0.2) is 0 Å². The van der Waals surface area contributed by atoms with Crippen LogP contribution in [0.25, 0.3) is 49.9 Å². The number of nitrogens with one attached hydrogen (secondary N) is 2. The first-order valence-corrected chi connectivity index (χ1v) is 21.6. The second-order valence-electron chi connectivity index (χ2n) is 16.8. The van der Waals surface area contributed by atoms with Crippen molar-refractivity contribution >= 4 is 16.5 Å². The van der Waals surface area contributed by atoms with E-state index in [-0.39, 0.29) is 12.1 Å². The molecule has 8 aromatic rings. The van der Waals surface area contributed by atoms with Crippen molar-refractivity contribution in [3.8, 4) is 33.4 Å². The Morgan fingerprint density at radius 1 is 0.492 bits per heavy atom. The summed E-state index contributed by atoms with van der Waals surface area (Å²) in [5, 5.41) is 10.4. The summed E-state index contributed by atoms with van der Waals surface area (Å²) in [4.78, 5) is 0. The van der Waals surface area contributed by atoms with E-state index in [1.54, 1.807) is 0 Å². The van der Waals surface area contributed by atoms with Crippen LogP contribution in [0.3, 0.4) is 0 Å². The Morgan fingerprint density at radius 3 is 1.85 bits per heavy atom. The number of dihydropyridines is 1. The molecular weight excluding hydrogens is 737 g/mol. The molecule has 8 aromatic carbocycles. The predicted octanol–water partition coefficient (Wildman–Crippen LogP) is 13.6. The molecule has 12 rings (SSSR count). The van der Waals surface area contributed by atoms with Crippen molar-refractivity contribution in [2.24, 2.45) is 5.92 Å². The molecule has 290 valence electrons. The van der Waals surface area contributed by atoms with Crippen LogP contribution in [0.1, 0.15) is 45.8 Å². The second kappa shape index (κ2) is 14.4. The van der Waals surface area contributed by atoms with Gasteiger partial charge in [-0.1, -0.05) is 212 Å². The van der Waals surface area contributed by atoms with E-state index in [1.165, 1.54) is 94.5 Å². The number of hydrogen-bond donors (Lipinski definition) is 2. The molecule has 4 aliphatic rings. The molecule has 0 saturated carbocycles. The molecule has 0 saturated heterocycles. The van der Waals surface area contributed by atoms with Gasteiger partial charge in [-0.2, -0.15) is 0 Å². The maximum absolute atomic E-state index is 3.98. The molecule has 0 fully saturated rings. The zero-order valence-electron chi connectivity index (χ0n) is 33.8. The molecule has 3 atom stereocenters. The van der Waals surface area contributed by atoms with E-state index in [0.29, 0.717) is 5.92 Å². The van der Waals surface area contributed by atoms with Crippen molar-refractivity contribution in [3.05, 3.63) is 269 Å². The van der Waals surface area contributed by atoms with E-state index in [1.807, 2.05) is 0 Å². The van der Waals surface area contributed by atoms with Gasteiger partial charge in [-0.15, -0.1) is 0 Å². The van der Waals surface area contributed by atoms with Gasteiger partial charge >= 0.3 is 0 Å². The summed E-state index contributed by atoms with van der Waals surface area (Å²) >= 11 is 0. The van der Waals surface area contributed by atoms with Crippen molar-refractivity contribution in [1.82, 2.24) is 10.6 Å². The van der Waals surface area contributed by atoms with Crippen LogP contribution in [-0.2, 0) is 5.41 Å². The Morgan fingerprint density at radius 2 is 1.11 bits per heavy atom. The number of fused-ring (bicyclic) bond motifs is 7. The SMILES string of the molecule is C1=CC(c2ccccc2)NC2=C1C=CC1CC=C(c3ccc(-c4ccc5c(c4)C(c4ccccc4)(c4ccccc4)c4c-5c(-c5ccccc5)cc5ccccc45)cc3)NC21. The monoisotopic (exact) mass is 780 g/mol. The second-order valence-corrected chi connectivity index (χ2v) is 16.8. The van der Waals surface area contributed by atoms with Crippen LogP contribution < -0.4 is 10.6 Å². The summed E-state index contributed by atoms with van der Waals surface area (Å²) < 4.78 is 0. The molecule has 2 heteroatoms. The van der Waals surface area contributed by atoms with Crippen LogP contribution in [0.2, 0.25) is 0 Å². The van der Waals surface area contributed by atoms with Crippen LogP contribution in [-0.4, -0.2) is 6.04 Å². The molecule has 2 aliphatic carbocycles. The quantitative estimate of drug-likeness (QED) is 0.176. The van der Waals surface area contributed by atoms with Gasteiger partial charge < -0.3 is 10.6 Å². The van der Waals surface area contributed by atoms with Gasteiger partial charge in [0.05, 0.1) is 17.5 Å². The van der Waals surface area contributed by atoms with Crippen molar-refractivity contribution in [2.45, 2.75) is 23.9 Å². The fraction of sp³-hybridized carbons (Fsp3) is 0.0847. The zero-order chi connectivity index (χ0) is 40.3. The third kappa shape index (κ3) is 5.70. The number of rotatable bonds is 6. The van der Waals surface area contributed by atoms with Gasteiger partial charge in [0.2, 0.25) is 0 Å². The van der Waals surface area contributed by atoms with Crippen molar-refractivity contribution in [3.63, 3.8) is 0 Å². The average molecular weight is 781 g/mol. The number of benzene rings is 8. The van der Waals surface area contributed by atoms with Gasteiger partial charge in [-0.3, -0.25) is 0 Å². The summed E-state index contributed by atoms with van der Waals surface area (Å²) in [7, 11) is 0. The molecule has 2 aliphatic heterocycles. The Bertz CT molecular complexity index is 3040. The molecule has 0 bridgehead atoms. The minimum absolute atomic E-state index is 0.161. The summed E-state index contributed by atoms with van der Waals surface area (Å²) in [6.07, 6.45) is 12.6. The molecule has 3 unspecified atom stereocenters. The predicted molar refractivity (Wildman–Crippen MR) is 253 cm³/mol. The molecule has 0 aromatic heterocycles. The highest BCUT2D eigenvalue weighted by Crippen LogP contribution is 2.61. The number of allylic oxidation sites excluding steroid dienone is 4. The molecule has 0 radical (unpaired) electrons. The van der Waals surface area contributed by atoms with Crippen LogP contribution in [0, 0.1) is 5.92 Å². The van der Waals surface area contributed by atoms with E-state index < -0.39 is 5.41 Å². The Kier molecular flexibility index (Phi) is 8.38. The van der Waals surface area contributed by atoms with Crippen LogP contribution in [0.15, 0.2) is 236 Å². The topological polar surface area (TPSA) is 24.1 Å². The average Bonchev–Trinajstić information content (AvgIpc) is 3.66. The molecule has 2 N–H and O–H groups in total. The Hall–Kier alpha value is -7.42. The summed E-state index contributed by atoms with van der Waals surface area (Å²) in [5.41, 5.74) is 18.4. The molecule has 2 heterocycles. The minimum Gasteiger partial charge on any atom is -0.376 e. The molecule has 0 spiro atoms. The highest BCUT2D eigenvalue weighted by molar-refractivity contribution is 6.07. The minimum atomic E-state index is -0.551. The summed E-state index contributed by atoms with van der Waals surface area (Å²) in [6, 6.07) is 72.2. The molecule has 0 amide bonds. The summed E-state index contributed by atoms with van der Waals surface area (Å²) in [6.45, 7) is 0. The van der Waals surface area contributed by atoms with E-state index in [0.717, 1.165) is 6.42 Å². The maximum atomic E-state index is 3.98. The number of hydrogen-bond acceptors (Lipinski definition) is 2. The third-order valence-corrected chi connectivity index (χ3v) is 13.6. The van der Waals surface area contributed by atoms with E-state index >= 15 is 0 Å². The maximum Gasteiger partial charge on any atom is 0.0731 e.